The molecule has 0 radical (unpaired) electrons. The minimum atomic E-state index is -0.306. The number of carbonyl (C=O) groups is 1. The number of nitrogens with two attached hydrogens (primary N) is 1. The van der Waals surface area contributed by atoms with E-state index in [1.165, 1.54) is 0 Å². The summed E-state index contributed by atoms with van der Waals surface area (Å²) in [5.41, 5.74) is 5.83. The summed E-state index contributed by atoms with van der Waals surface area (Å²) in [6.07, 6.45) is 2.86. The zero-order valence-electron chi connectivity index (χ0n) is 10.6. The lowest BCUT2D eigenvalue weighted by atomic mass is 10.1. The van der Waals surface area contributed by atoms with Crippen LogP contribution < -0.4 is 5.73 Å². The Bertz CT molecular complexity index is 182. The van der Waals surface area contributed by atoms with Crippen LogP contribution in [0.4, 0.5) is 0 Å². The van der Waals surface area contributed by atoms with Gasteiger partial charge >= 0.3 is 0 Å². The van der Waals surface area contributed by atoms with E-state index in [0.29, 0.717) is 5.92 Å². The van der Waals surface area contributed by atoms with Gasteiger partial charge in [0.25, 0.3) is 0 Å². The lowest BCUT2D eigenvalue weighted by molar-refractivity contribution is -0.133. The van der Waals surface area contributed by atoms with Crippen LogP contribution in [0.3, 0.4) is 0 Å². The van der Waals surface area contributed by atoms with Gasteiger partial charge in [0.1, 0.15) is 0 Å². The summed E-state index contributed by atoms with van der Waals surface area (Å²) >= 11 is 0. The molecule has 3 heteroatoms. The van der Waals surface area contributed by atoms with Crippen molar-refractivity contribution in [2.24, 2.45) is 11.7 Å². The summed E-state index contributed by atoms with van der Waals surface area (Å²) in [7, 11) is 0. The number of rotatable bonds is 7. The van der Waals surface area contributed by atoms with Gasteiger partial charge in [0.2, 0.25) is 5.91 Å². The Hall–Kier alpha value is -0.570. The monoisotopic (exact) mass is 214 g/mol. The van der Waals surface area contributed by atoms with Crippen LogP contribution in [0.5, 0.6) is 0 Å². The summed E-state index contributed by atoms with van der Waals surface area (Å²) in [4.78, 5) is 13.8. The van der Waals surface area contributed by atoms with Crippen molar-refractivity contribution < 1.29 is 4.79 Å². The maximum atomic E-state index is 11.9. The van der Waals surface area contributed by atoms with Gasteiger partial charge in [0.15, 0.2) is 0 Å². The Morgan fingerprint density at radius 2 is 1.93 bits per heavy atom. The van der Waals surface area contributed by atoms with E-state index in [1.54, 1.807) is 0 Å². The summed E-state index contributed by atoms with van der Waals surface area (Å²) in [6, 6.07) is -0.306. The molecular weight excluding hydrogens is 188 g/mol. The van der Waals surface area contributed by atoms with Crippen LogP contribution in [-0.4, -0.2) is 29.9 Å². The second-order valence-electron chi connectivity index (χ2n) is 4.29. The van der Waals surface area contributed by atoms with Crippen LogP contribution in [0.15, 0.2) is 0 Å². The second-order valence-corrected chi connectivity index (χ2v) is 4.29. The molecule has 2 atom stereocenters. The van der Waals surface area contributed by atoms with Gasteiger partial charge < -0.3 is 10.6 Å². The zero-order valence-corrected chi connectivity index (χ0v) is 10.6. The molecular formula is C12H26N2O. The molecule has 0 aliphatic rings. The van der Waals surface area contributed by atoms with Gasteiger partial charge in [-0.1, -0.05) is 33.6 Å². The number of hydrogen-bond acceptors (Lipinski definition) is 2. The van der Waals surface area contributed by atoms with E-state index in [9.17, 15) is 4.79 Å². The van der Waals surface area contributed by atoms with Crippen molar-refractivity contribution in [3.63, 3.8) is 0 Å². The van der Waals surface area contributed by atoms with Crippen molar-refractivity contribution in [3.8, 4) is 0 Å². The van der Waals surface area contributed by atoms with E-state index < -0.39 is 0 Å². The van der Waals surface area contributed by atoms with Crippen molar-refractivity contribution in [1.82, 2.24) is 4.90 Å². The van der Waals surface area contributed by atoms with Crippen LogP contribution in [0.1, 0.15) is 47.0 Å². The summed E-state index contributed by atoms with van der Waals surface area (Å²) in [5.74, 6) is 0.669. The fraction of sp³-hybridized carbons (Fsp3) is 0.917. The number of hydrogen-bond donors (Lipinski definition) is 1. The maximum Gasteiger partial charge on any atom is 0.239 e. The van der Waals surface area contributed by atoms with Crippen molar-refractivity contribution in [3.05, 3.63) is 0 Å². The molecule has 0 aromatic heterocycles. The molecule has 0 saturated carbocycles. The quantitative estimate of drug-likeness (QED) is 0.704. The summed E-state index contributed by atoms with van der Waals surface area (Å²) < 4.78 is 0. The molecule has 0 aromatic rings. The van der Waals surface area contributed by atoms with Gasteiger partial charge in [-0.05, 0) is 19.3 Å². The molecule has 2 N–H and O–H groups in total. The highest BCUT2D eigenvalue weighted by molar-refractivity contribution is 5.81. The molecule has 0 aliphatic heterocycles. The Kier molecular flexibility index (Phi) is 7.39. The predicted molar refractivity (Wildman–Crippen MR) is 64.6 cm³/mol. The SMILES string of the molecule is CCC[C@H](N)C(=O)N(CC)CC(C)CC. The first-order valence-corrected chi connectivity index (χ1v) is 6.11. The third-order valence-electron chi connectivity index (χ3n) is 2.84. The Balaban J connectivity index is 4.20. The van der Waals surface area contributed by atoms with E-state index in [4.69, 9.17) is 5.73 Å². The highest BCUT2D eigenvalue weighted by Gasteiger charge is 2.19. The Morgan fingerprint density at radius 1 is 1.33 bits per heavy atom. The zero-order chi connectivity index (χ0) is 11.8. The second kappa shape index (κ2) is 7.69. The van der Waals surface area contributed by atoms with Gasteiger partial charge in [-0.3, -0.25) is 4.79 Å². The van der Waals surface area contributed by atoms with Gasteiger partial charge in [0, 0.05) is 13.1 Å². The van der Waals surface area contributed by atoms with Crippen molar-refractivity contribution in [2.75, 3.05) is 13.1 Å². The maximum absolute atomic E-state index is 11.9. The largest absolute Gasteiger partial charge is 0.341 e. The molecule has 0 bridgehead atoms. The van der Waals surface area contributed by atoms with Crippen LogP contribution in [0.25, 0.3) is 0 Å². The van der Waals surface area contributed by atoms with Crippen molar-refractivity contribution in [1.29, 1.82) is 0 Å². The van der Waals surface area contributed by atoms with E-state index in [0.717, 1.165) is 32.4 Å². The number of nitrogens with zero attached hydrogens (tertiary/aromatic N) is 1. The van der Waals surface area contributed by atoms with Gasteiger partial charge in [-0.2, -0.15) is 0 Å². The van der Waals surface area contributed by atoms with E-state index >= 15 is 0 Å². The molecule has 0 spiro atoms. The van der Waals surface area contributed by atoms with Crippen molar-refractivity contribution in [2.45, 2.75) is 53.0 Å². The third kappa shape index (κ3) is 5.17. The average Bonchev–Trinajstić information content (AvgIpc) is 2.24. The Labute approximate surface area is 94.0 Å². The molecule has 0 heterocycles. The van der Waals surface area contributed by atoms with Crippen LogP contribution >= 0.6 is 0 Å². The molecule has 1 amide bonds. The summed E-state index contributed by atoms with van der Waals surface area (Å²) in [5, 5.41) is 0. The number of likely N-dealkylation sites (N-methyl/N-ethyl adjacent to an activating group) is 1. The first kappa shape index (κ1) is 14.4. The lowest BCUT2D eigenvalue weighted by Gasteiger charge is -2.26. The molecule has 0 saturated heterocycles. The topological polar surface area (TPSA) is 46.3 Å². The Morgan fingerprint density at radius 3 is 2.33 bits per heavy atom. The van der Waals surface area contributed by atoms with Crippen LogP contribution in [0.2, 0.25) is 0 Å². The van der Waals surface area contributed by atoms with Crippen LogP contribution in [-0.2, 0) is 4.79 Å². The molecule has 0 aromatic carbocycles. The first-order valence-electron chi connectivity index (χ1n) is 6.11. The fourth-order valence-electron chi connectivity index (χ4n) is 1.55. The number of carbonyl (C=O) groups excluding carboxylic acids is 1. The predicted octanol–water partition coefficient (Wildman–Crippen LogP) is 2.01. The van der Waals surface area contributed by atoms with Crippen LogP contribution in [0, 0.1) is 5.92 Å². The molecule has 0 aliphatic carbocycles. The molecule has 90 valence electrons. The van der Waals surface area contributed by atoms with Gasteiger partial charge in [0.05, 0.1) is 6.04 Å². The number of amides is 1. The summed E-state index contributed by atoms with van der Waals surface area (Å²) in [6.45, 7) is 9.98. The van der Waals surface area contributed by atoms with Gasteiger partial charge in [-0.15, -0.1) is 0 Å². The molecule has 0 fully saturated rings. The third-order valence-corrected chi connectivity index (χ3v) is 2.84. The average molecular weight is 214 g/mol. The minimum absolute atomic E-state index is 0.111. The van der Waals surface area contributed by atoms with E-state index in [-0.39, 0.29) is 11.9 Å². The fourth-order valence-corrected chi connectivity index (χ4v) is 1.55. The lowest BCUT2D eigenvalue weighted by Crippen LogP contribution is -2.45. The standard InChI is InChI=1S/C12H26N2O/c1-5-8-11(13)12(15)14(7-3)9-10(4)6-2/h10-11H,5-9,13H2,1-4H3/t10?,11-/m0/s1. The molecule has 3 nitrogen and oxygen atoms in total. The van der Waals surface area contributed by atoms with Gasteiger partial charge in [-0.25, -0.2) is 0 Å². The normalized spacial score (nSPS) is 14.7. The highest BCUT2D eigenvalue weighted by Crippen LogP contribution is 2.07. The van der Waals surface area contributed by atoms with E-state index in [2.05, 4.69) is 20.8 Å². The van der Waals surface area contributed by atoms with E-state index in [1.807, 2.05) is 11.8 Å². The molecule has 15 heavy (non-hydrogen) atoms. The highest BCUT2D eigenvalue weighted by atomic mass is 16.2. The minimum Gasteiger partial charge on any atom is -0.341 e. The molecule has 1 unspecified atom stereocenters. The smallest absolute Gasteiger partial charge is 0.239 e. The molecule has 0 rings (SSSR count). The first-order chi connectivity index (χ1) is 7.06. The van der Waals surface area contributed by atoms with Crippen molar-refractivity contribution >= 4 is 5.91 Å².